The van der Waals surface area contributed by atoms with Crippen LogP contribution in [-0.4, -0.2) is 63.0 Å². The third-order valence-corrected chi connectivity index (χ3v) is 5.53. The number of benzene rings is 1. The molecule has 0 amide bonds. The van der Waals surface area contributed by atoms with E-state index in [0.717, 1.165) is 64.7 Å². The zero-order valence-corrected chi connectivity index (χ0v) is 20.7. The van der Waals surface area contributed by atoms with Crippen molar-refractivity contribution in [2.24, 2.45) is 4.99 Å². The largest absolute Gasteiger partial charge is 0.381 e. The van der Waals surface area contributed by atoms with E-state index < -0.39 is 0 Å². The summed E-state index contributed by atoms with van der Waals surface area (Å²) in [5, 5.41) is 6.74. The first-order valence-corrected chi connectivity index (χ1v) is 11.3. The van der Waals surface area contributed by atoms with E-state index in [4.69, 9.17) is 14.5 Å². The summed E-state index contributed by atoms with van der Waals surface area (Å²) in [4.78, 5) is 7.26. The summed E-state index contributed by atoms with van der Waals surface area (Å²) < 4.78 is 11.3. The van der Waals surface area contributed by atoms with Crippen LogP contribution in [0.2, 0.25) is 0 Å². The Balaban J connectivity index is 0.00000320. The van der Waals surface area contributed by atoms with Crippen molar-refractivity contribution in [3.05, 3.63) is 35.4 Å². The molecular formula is C23H39IN4O2. The zero-order valence-electron chi connectivity index (χ0n) is 18.4. The number of ether oxygens (including phenoxy) is 2. The van der Waals surface area contributed by atoms with Gasteiger partial charge < -0.3 is 20.1 Å². The summed E-state index contributed by atoms with van der Waals surface area (Å²) in [5.41, 5.74) is 2.64. The van der Waals surface area contributed by atoms with Crippen molar-refractivity contribution in [1.29, 1.82) is 0 Å². The second-order valence-corrected chi connectivity index (χ2v) is 7.96. The zero-order chi connectivity index (χ0) is 20.2. The van der Waals surface area contributed by atoms with Crippen molar-refractivity contribution in [2.75, 3.05) is 46.0 Å². The van der Waals surface area contributed by atoms with Gasteiger partial charge in [0.25, 0.3) is 0 Å². The number of hydrogen-bond acceptors (Lipinski definition) is 4. The van der Waals surface area contributed by atoms with E-state index in [-0.39, 0.29) is 24.0 Å². The van der Waals surface area contributed by atoms with E-state index in [0.29, 0.717) is 12.6 Å². The van der Waals surface area contributed by atoms with Crippen molar-refractivity contribution < 1.29 is 9.47 Å². The van der Waals surface area contributed by atoms with Crippen LogP contribution in [-0.2, 0) is 22.6 Å². The van der Waals surface area contributed by atoms with Crippen LogP contribution in [0.15, 0.2) is 29.3 Å². The summed E-state index contributed by atoms with van der Waals surface area (Å²) in [6.45, 7) is 10.5. The maximum absolute atomic E-state index is 5.93. The van der Waals surface area contributed by atoms with E-state index in [1.807, 2.05) is 0 Å². The Morgan fingerprint density at radius 2 is 1.80 bits per heavy atom. The summed E-state index contributed by atoms with van der Waals surface area (Å²) in [6.07, 6.45) is 6.08. The molecule has 0 aliphatic carbocycles. The molecular weight excluding hydrogens is 491 g/mol. The van der Waals surface area contributed by atoms with Crippen LogP contribution >= 0.6 is 24.0 Å². The SMILES string of the molecule is CCNC(=NCc1ccc(CN2CCCC2)cc1)NCCCOC1CCOCC1.I. The number of nitrogens with one attached hydrogen (secondary N) is 2. The Labute approximate surface area is 199 Å². The number of halogens is 1. The Morgan fingerprint density at radius 1 is 1.10 bits per heavy atom. The van der Waals surface area contributed by atoms with Crippen molar-refractivity contribution in [3.8, 4) is 0 Å². The molecule has 2 saturated heterocycles. The smallest absolute Gasteiger partial charge is 0.191 e. The summed E-state index contributed by atoms with van der Waals surface area (Å²) in [6, 6.07) is 8.91. The number of rotatable bonds is 10. The lowest BCUT2D eigenvalue weighted by Crippen LogP contribution is -2.38. The first kappa shape index (κ1) is 25.4. The maximum Gasteiger partial charge on any atom is 0.191 e. The predicted octanol–water partition coefficient (Wildman–Crippen LogP) is 3.54. The van der Waals surface area contributed by atoms with Gasteiger partial charge in [-0.15, -0.1) is 24.0 Å². The quantitative estimate of drug-likeness (QED) is 0.210. The molecule has 0 atom stereocenters. The van der Waals surface area contributed by atoms with Gasteiger partial charge in [-0.05, 0) is 63.2 Å². The Kier molecular flexibility index (Phi) is 12.7. The molecule has 2 aliphatic rings. The fourth-order valence-electron chi connectivity index (χ4n) is 3.83. The minimum Gasteiger partial charge on any atom is -0.381 e. The molecule has 1 aromatic rings. The number of nitrogens with zero attached hydrogens (tertiary/aromatic N) is 2. The van der Waals surface area contributed by atoms with Crippen LogP contribution in [0.4, 0.5) is 0 Å². The van der Waals surface area contributed by atoms with Gasteiger partial charge in [0.05, 0.1) is 12.6 Å². The van der Waals surface area contributed by atoms with Gasteiger partial charge in [0.15, 0.2) is 5.96 Å². The van der Waals surface area contributed by atoms with Gasteiger partial charge in [-0.3, -0.25) is 4.90 Å². The minimum absolute atomic E-state index is 0. The topological polar surface area (TPSA) is 58.1 Å². The molecule has 170 valence electrons. The molecule has 2 aliphatic heterocycles. The standard InChI is InChI=1S/C23H38N4O2.HI/c1-2-24-23(25-12-5-15-29-22-10-16-28-17-11-22)26-18-20-6-8-21(9-7-20)19-27-13-3-4-14-27;/h6-9,22H,2-5,10-19H2,1H3,(H2,24,25,26);1H. The molecule has 2 N–H and O–H groups in total. The highest BCUT2D eigenvalue weighted by molar-refractivity contribution is 14.0. The predicted molar refractivity (Wildman–Crippen MR) is 134 cm³/mol. The fraction of sp³-hybridized carbons (Fsp3) is 0.696. The van der Waals surface area contributed by atoms with Gasteiger partial charge in [0, 0.05) is 39.5 Å². The molecule has 2 fully saturated rings. The highest BCUT2D eigenvalue weighted by atomic mass is 127. The monoisotopic (exact) mass is 530 g/mol. The molecule has 0 bridgehead atoms. The molecule has 30 heavy (non-hydrogen) atoms. The van der Waals surface area contributed by atoms with E-state index >= 15 is 0 Å². The number of hydrogen-bond donors (Lipinski definition) is 2. The molecule has 6 nitrogen and oxygen atoms in total. The lowest BCUT2D eigenvalue weighted by Gasteiger charge is -2.22. The lowest BCUT2D eigenvalue weighted by atomic mass is 10.1. The van der Waals surface area contributed by atoms with Crippen molar-refractivity contribution in [2.45, 2.75) is 58.2 Å². The number of likely N-dealkylation sites (tertiary alicyclic amines) is 1. The van der Waals surface area contributed by atoms with E-state index in [1.54, 1.807) is 0 Å². The third-order valence-electron chi connectivity index (χ3n) is 5.53. The van der Waals surface area contributed by atoms with Gasteiger partial charge in [-0.1, -0.05) is 24.3 Å². The average Bonchev–Trinajstić information content (AvgIpc) is 3.26. The number of aliphatic imine (C=N–C) groups is 1. The Hall–Kier alpha value is -0.900. The fourth-order valence-corrected chi connectivity index (χ4v) is 3.83. The van der Waals surface area contributed by atoms with E-state index in [2.05, 4.69) is 46.7 Å². The number of guanidine groups is 1. The molecule has 1 aromatic carbocycles. The van der Waals surface area contributed by atoms with Crippen LogP contribution in [0.1, 0.15) is 50.2 Å². The lowest BCUT2D eigenvalue weighted by molar-refractivity contribution is -0.0320. The van der Waals surface area contributed by atoms with Crippen molar-refractivity contribution in [1.82, 2.24) is 15.5 Å². The molecule has 0 saturated carbocycles. The van der Waals surface area contributed by atoms with Crippen LogP contribution in [0.5, 0.6) is 0 Å². The molecule has 3 rings (SSSR count). The molecule has 2 heterocycles. The molecule has 0 aromatic heterocycles. The maximum atomic E-state index is 5.93. The Morgan fingerprint density at radius 3 is 2.50 bits per heavy atom. The van der Waals surface area contributed by atoms with Gasteiger partial charge >= 0.3 is 0 Å². The highest BCUT2D eigenvalue weighted by Crippen LogP contribution is 2.14. The summed E-state index contributed by atoms with van der Waals surface area (Å²) in [7, 11) is 0. The normalized spacial score (nSPS) is 18.2. The third kappa shape index (κ3) is 9.49. The van der Waals surface area contributed by atoms with Crippen LogP contribution in [0.25, 0.3) is 0 Å². The molecule has 0 unspecified atom stereocenters. The van der Waals surface area contributed by atoms with Crippen LogP contribution in [0.3, 0.4) is 0 Å². The second kappa shape index (κ2) is 15.0. The van der Waals surface area contributed by atoms with Crippen LogP contribution in [0, 0.1) is 0 Å². The van der Waals surface area contributed by atoms with Gasteiger partial charge in [-0.25, -0.2) is 4.99 Å². The first-order valence-electron chi connectivity index (χ1n) is 11.3. The van der Waals surface area contributed by atoms with Gasteiger partial charge in [-0.2, -0.15) is 0 Å². The average molecular weight is 530 g/mol. The van der Waals surface area contributed by atoms with Gasteiger partial charge in [0.1, 0.15) is 0 Å². The van der Waals surface area contributed by atoms with E-state index in [9.17, 15) is 0 Å². The highest BCUT2D eigenvalue weighted by Gasteiger charge is 2.13. The molecule has 0 spiro atoms. The summed E-state index contributed by atoms with van der Waals surface area (Å²) in [5.74, 6) is 0.875. The van der Waals surface area contributed by atoms with Crippen LogP contribution < -0.4 is 10.6 Å². The second-order valence-electron chi connectivity index (χ2n) is 7.96. The summed E-state index contributed by atoms with van der Waals surface area (Å²) >= 11 is 0. The molecule has 7 heteroatoms. The Bertz CT molecular complexity index is 600. The van der Waals surface area contributed by atoms with Crippen molar-refractivity contribution >= 4 is 29.9 Å². The minimum atomic E-state index is 0. The molecule has 0 radical (unpaired) electrons. The van der Waals surface area contributed by atoms with Gasteiger partial charge in [0.2, 0.25) is 0 Å². The first-order chi connectivity index (χ1) is 14.3. The van der Waals surface area contributed by atoms with Crippen molar-refractivity contribution in [3.63, 3.8) is 0 Å². The van der Waals surface area contributed by atoms with E-state index in [1.165, 1.54) is 37.1 Å².